The Morgan fingerprint density at radius 2 is 1.86 bits per heavy atom. The van der Waals surface area contributed by atoms with Crippen molar-refractivity contribution in [3.63, 3.8) is 0 Å². The lowest BCUT2D eigenvalue weighted by atomic mass is 10.2. The van der Waals surface area contributed by atoms with Gasteiger partial charge in [-0.3, -0.25) is 0 Å². The average Bonchev–Trinajstić information content (AvgIpc) is 2.44. The van der Waals surface area contributed by atoms with Crippen molar-refractivity contribution in [2.24, 2.45) is 0 Å². The van der Waals surface area contributed by atoms with Crippen molar-refractivity contribution < 1.29 is 14.6 Å². The monoisotopic (exact) mass is 286 g/mol. The fourth-order valence-corrected chi connectivity index (χ4v) is 1.77. The van der Waals surface area contributed by atoms with Gasteiger partial charge < -0.3 is 20.5 Å². The minimum atomic E-state index is -0.365. The van der Waals surface area contributed by atoms with Crippen molar-refractivity contribution in [1.29, 1.82) is 0 Å². The highest BCUT2D eigenvalue weighted by Gasteiger charge is 2.04. The number of amides is 2. The van der Waals surface area contributed by atoms with Crippen LogP contribution in [0.2, 0.25) is 0 Å². The Kier molecular flexibility index (Phi) is 4.66. The Labute approximate surface area is 123 Å². The van der Waals surface area contributed by atoms with Crippen LogP contribution in [0.25, 0.3) is 0 Å². The molecule has 2 aromatic rings. The number of hydrogen-bond donors (Lipinski definition) is 3. The topological polar surface area (TPSA) is 70.6 Å². The molecule has 0 aromatic heterocycles. The Morgan fingerprint density at radius 3 is 2.52 bits per heavy atom. The number of phenols is 1. The zero-order valence-electron chi connectivity index (χ0n) is 12.0. The summed E-state index contributed by atoms with van der Waals surface area (Å²) in [7, 11) is 0. The highest BCUT2D eigenvalue weighted by Crippen LogP contribution is 2.19. The average molecular weight is 286 g/mol. The first kappa shape index (κ1) is 14.7. The molecule has 0 bridgehead atoms. The van der Waals surface area contributed by atoms with Crippen LogP contribution < -0.4 is 15.4 Å². The van der Waals surface area contributed by atoms with E-state index in [1.54, 1.807) is 19.1 Å². The normalized spacial score (nSPS) is 10.0. The second-order valence-corrected chi connectivity index (χ2v) is 4.73. The molecule has 0 aliphatic carbocycles. The van der Waals surface area contributed by atoms with Crippen LogP contribution in [0.1, 0.15) is 11.1 Å². The minimum Gasteiger partial charge on any atom is -0.508 e. The third kappa shape index (κ3) is 4.42. The summed E-state index contributed by atoms with van der Waals surface area (Å²) in [6.07, 6.45) is 0. The fourth-order valence-electron chi connectivity index (χ4n) is 1.77. The van der Waals surface area contributed by atoms with Crippen molar-refractivity contribution >= 4 is 11.7 Å². The van der Waals surface area contributed by atoms with Crippen LogP contribution in [0.15, 0.2) is 42.5 Å². The number of benzene rings is 2. The molecular formula is C16H18N2O3. The lowest BCUT2D eigenvalue weighted by Crippen LogP contribution is -2.32. The molecule has 0 unspecified atom stereocenters. The van der Waals surface area contributed by atoms with Crippen LogP contribution in [0.5, 0.6) is 11.5 Å². The van der Waals surface area contributed by atoms with Gasteiger partial charge in [-0.05, 0) is 49.7 Å². The van der Waals surface area contributed by atoms with E-state index in [1.807, 2.05) is 31.2 Å². The third-order valence-electron chi connectivity index (χ3n) is 2.95. The highest BCUT2D eigenvalue weighted by molar-refractivity contribution is 5.90. The molecule has 5 heteroatoms. The summed E-state index contributed by atoms with van der Waals surface area (Å²) in [5.74, 6) is 0.864. The van der Waals surface area contributed by atoms with Crippen molar-refractivity contribution in [1.82, 2.24) is 5.32 Å². The number of anilines is 1. The van der Waals surface area contributed by atoms with Gasteiger partial charge in [-0.1, -0.05) is 17.7 Å². The molecule has 0 heterocycles. The molecular weight excluding hydrogens is 268 g/mol. The van der Waals surface area contributed by atoms with Crippen molar-refractivity contribution in [3.8, 4) is 11.5 Å². The van der Waals surface area contributed by atoms with E-state index >= 15 is 0 Å². The summed E-state index contributed by atoms with van der Waals surface area (Å²) in [6.45, 7) is 3.87. The maximum absolute atomic E-state index is 11.7. The van der Waals surface area contributed by atoms with E-state index < -0.39 is 0 Å². The summed E-state index contributed by atoms with van der Waals surface area (Å²) in [4.78, 5) is 11.7. The van der Waals surface area contributed by atoms with E-state index in [0.717, 1.165) is 11.1 Å². The molecule has 0 saturated heterocycles. The zero-order valence-corrected chi connectivity index (χ0v) is 12.0. The summed E-state index contributed by atoms with van der Waals surface area (Å²) >= 11 is 0. The molecule has 0 fully saturated rings. The molecule has 0 aliphatic heterocycles. The molecule has 110 valence electrons. The van der Waals surface area contributed by atoms with Crippen molar-refractivity contribution in [3.05, 3.63) is 53.6 Å². The predicted molar refractivity (Wildman–Crippen MR) is 81.7 cm³/mol. The number of nitrogens with one attached hydrogen (secondary N) is 2. The standard InChI is InChI=1S/C16H18N2O3/c1-11-3-6-14(7-4-11)21-10-17-16(20)18-15-8-5-13(19)9-12(15)2/h3-9,19H,10H2,1-2H3,(H2,17,18,20). The summed E-state index contributed by atoms with van der Waals surface area (Å²) in [5.41, 5.74) is 2.57. The van der Waals surface area contributed by atoms with Crippen LogP contribution in [0, 0.1) is 13.8 Å². The highest BCUT2D eigenvalue weighted by atomic mass is 16.5. The quantitative estimate of drug-likeness (QED) is 0.597. The maximum Gasteiger partial charge on any atom is 0.321 e. The first-order valence-electron chi connectivity index (χ1n) is 6.58. The molecule has 0 radical (unpaired) electrons. The minimum absolute atomic E-state index is 0.0754. The van der Waals surface area contributed by atoms with Crippen LogP contribution >= 0.6 is 0 Å². The van der Waals surface area contributed by atoms with E-state index in [1.165, 1.54) is 6.07 Å². The fraction of sp³-hybridized carbons (Fsp3) is 0.188. The SMILES string of the molecule is Cc1ccc(OCNC(=O)Nc2ccc(O)cc2C)cc1. The Hall–Kier alpha value is -2.69. The summed E-state index contributed by atoms with van der Waals surface area (Å²) in [6, 6.07) is 12.0. The predicted octanol–water partition coefficient (Wildman–Crippen LogP) is 3.17. The molecule has 0 saturated carbocycles. The second kappa shape index (κ2) is 6.65. The van der Waals surface area contributed by atoms with E-state index in [2.05, 4.69) is 10.6 Å². The number of hydrogen-bond acceptors (Lipinski definition) is 3. The summed E-state index contributed by atoms with van der Waals surface area (Å²) < 4.78 is 5.41. The second-order valence-electron chi connectivity index (χ2n) is 4.73. The van der Waals surface area contributed by atoms with E-state index in [9.17, 15) is 9.90 Å². The number of aryl methyl sites for hydroxylation is 2. The van der Waals surface area contributed by atoms with Gasteiger partial charge in [0.15, 0.2) is 6.73 Å². The zero-order chi connectivity index (χ0) is 15.2. The van der Waals surface area contributed by atoms with Gasteiger partial charge in [-0.2, -0.15) is 0 Å². The lowest BCUT2D eigenvalue weighted by molar-refractivity contribution is 0.234. The van der Waals surface area contributed by atoms with E-state index in [4.69, 9.17) is 4.74 Å². The van der Waals surface area contributed by atoms with Crippen molar-refractivity contribution in [2.75, 3.05) is 12.0 Å². The van der Waals surface area contributed by atoms with Gasteiger partial charge in [-0.15, -0.1) is 0 Å². The molecule has 21 heavy (non-hydrogen) atoms. The summed E-state index contributed by atoms with van der Waals surface area (Å²) in [5, 5.41) is 14.6. The first-order chi connectivity index (χ1) is 10.0. The molecule has 2 aromatic carbocycles. The van der Waals surface area contributed by atoms with Gasteiger partial charge in [0.1, 0.15) is 11.5 Å². The van der Waals surface area contributed by atoms with E-state index in [-0.39, 0.29) is 18.5 Å². The Morgan fingerprint density at radius 1 is 1.14 bits per heavy atom. The molecule has 2 amide bonds. The number of phenolic OH excluding ortho intramolecular Hbond substituents is 1. The number of carbonyl (C=O) groups is 1. The molecule has 0 spiro atoms. The van der Waals surface area contributed by atoms with Crippen LogP contribution in [-0.4, -0.2) is 17.9 Å². The first-order valence-corrected chi connectivity index (χ1v) is 6.58. The number of urea groups is 1. The Bertz CT molecular complexity index is 624. The Balaban J connectivity index is 1.81. The largest absolute Gasteiger partial charge is 0.508 e. The molecule has 3 N–H and O–H groups in total. The van der Waals surface area contributed by atoms with E-state index in [0.29, 0.717) is 11.4 Å². The number of aromatic hydroxyl groups is 1. The number of carbonyl (C=O) groups excluding carboxylic acids is 1. The number of rotatable bonds is 4. The molecule has 5 nitrogen and oxygen atoms in total. The van der Waals surface area contributed by atoms with Gasteiger partial charge in [0, 0.05) is 5.69 Å². The van der Waals surface area contributed by atoms with Gasteiger partial charge in [0.25, 0.3) is 0 Å². The van der Waals surface area contributed by atoms with Crippen LogP contribution in [0.4, 0.5) is 10.5 Å². The number of ether oxygens (including phenoxy) is 1. The van der Waals surface area contributed by atoms with Gasteiger partial charge in [0.2, 0.25) is 0 Å². The van der Waals surface area contributed by atoms with Crippen LogP contribution in [-0.2, 0) is 0 Å². The molecule has 0 aliphatic rings. The third-order valence-corrected chi connectivity index (χ3v) is 2.95. The maximum atomic E-state index is 11.7. The lowest BCUT2D eigenvalue weighted by Gasteiger charge is -2.11. The van der Waals surface area contributed by atoms with Gasteiger partial charge in [0.05, 0.1) is 0 Å². The van der Waals surface area contributed by atoms with Crippen LogP contribution in [0.3, 0.4) is 0 Å². The molecule has 0 atom stereocenters. The van der Waals surface area contributed by atoms with Gasteiger partial charge >= 0.3 is 6.03 Å². The smallest absolute Gasteiger partial charge is 0.321 e. The van der Waals surface area contributed by atoms with Crippen molar-refractivity contribution in [2.45, 2.75) is 13.8 Å². The van der Waals surface area contributed by atoms with Gasteiger partial charge in [-0.25, -0.2) is 4.79 Å². The molecule has 2 rings (SSSR count).